The predicted octanol–water partition coefficient (Wildman–Crippen LogP) is 1.82. The molecule has 0 saturated carbocycles. The summed E-state index contributed by atoms with van der Waals surface area (Å²) in [6, 6.07) is -0.0742. The summed E-state index contributed by atoms with van der Waals surface area (Å²) in [5, 5.41) is 15.7. The van der Waals surface area contributed by atoms with Crippen LogP contribution in [-0.2, 0) is 4.79 Å². The molecule has 0 spiro atoms. The standard InChI is InChI=1S/C14H30N2O2/c1-6-9-11(4)15-13(18)12(5)16-14(7-2,8-3)10-17/h11-12,16-17H,6-10H2,1-5H3,(H,15,18). The lowest BCUT2D eigenvalue weighted by molar-refractivity contribution is -0.124. The first kappa shape index (κ1) is 17.4. The molecule has 0 fully saturated rings. The zero-order valence-corrected chi connectivity index (χ0v) is 12.5. The second-order valence-electron chi connectivity index (χ2n) is 5.21. The van der Waals surface area contributed by atoms with Crippen LogP contribution in [0.1, 0.15) is 60.3 Å². The van der Waals surface area contributed by atoms with Gasteiger partial charge in [-0.1, -0.05) is 27.2 Å². The molecule has 0 aliphatic heterocycles. The summed E-state index contributed by atoms with van der Waals surface area (Å²) in [7, 11) is 0. The average molecular weight is 258 g/mol. The number of amides is 1. The summed E-state index contributed by atoms with van der Waals surface area (Å²) in [5.41, 5.74) is -0.343. The van der Waals surface area contributed by atoms with E-state index < -0.39 is 0 Å². The molecule has 0 saturated heterocycles. The maximum atomic E-state index is 12.0. The van der Waals surface area contributed by atoms with Gasteiger partial charge in [0, 0.05) is 11.6 Å². The molecule has 0 aliphatic carbocycles. The van der Waals surface area contributed by atoms with E-state index in [1.54, 1.807) is 0 Å². The number of rotatable bonds is 9. The number of hydrogen-bond donors (Lipinski definition) is 3. The Morgan fingerprint density at radius 1 is 1.22 bits per heavy atom. The minimum Gasteiger partial charge on any atom is -0.394 e. The maximum Gasteiger partial charge on any atom is 0.237 e. The Kier molecular flexibility index (Phi) is 8.20. The van der Waals surface area contributed by atoms with Gasteiger partial charge in [0.15, 0.2) is 0 Å². The Bertz CT molecular complexity index is 232. The van der Waals surface area contributed by atoms with E-state index in [1.807, 2.05) is 27.7 Å². The van der Waals surface area contributed by atoms with Gasteiger partial charge in [0.1, 0.15) is 0 Å². The lowest BCUT2D eigenvalue weighted by atomic mass is 9.93. The van der Waals surface area contributed by atoms with Crippen LogP contribution < -0.4 is 10.6 Å². The number of nitrogens with one attached hydrogen (secondary N) is 2. The highest BCUT2D eigenvalue weighted by atomic mass is 16.3. The van der Waals surface area contributed by atoms with Crippen molar-refractivity contribution in [3.8, 4) is 0 Å². The lowest BCUT2D eigenvalue weighted by Gasteiger charge is -2.34. The number of carbonyl (C=O) groups is 1. The van der Waals surface area contributed by atoms with Crippen molar-refractivity contribution in [1.29, 1.82) is 0 Å². The largest absolute Gasteiger partial charge is 0.394 e. The summed E-state index contributed by atoms with van der Waals surface area (Å²) in [6.45, 7) is 10.1. The van der Waals surface area contributed by atoms with Gasteiger partial charge in [-0.05, 0) is 33.1 Å². The van der Waals surface area contributed by atoms with Crippen LogP contribution >= 0.6 is 0 Å². The average Bonchev–Trinajstić information content (AvgIpc) is 2.36. The molecule has 0 heterocycles. The molecule has 108 valence electrons. The van der Waals surface area contributed by atoms with Gasteiger partial charge < -0.3 is 10.4 Å². The van der Waals surface area contributed by atoms with Crippen molar-refractivity contribution in [3.05, 3.63) is 0 Å². The van der Waals surface area contributed by atoms with E-state index in [4.69, 9.17) is 0 Å². The van der Waals surface area contributed by atoms with Crippen LogP contribution in [0.5, 0.6) is 0 Å². The van der Waals surface area contributed by atoms with E-state index in [1.165, 1.54) is 0 Å². The maximum absolute atomic E-state index is 12.0. The van der Waals surface area contributed by atoms with E-state index in [0.29, 0.717) is 0 Å². The fourth-order valence-electron chi connectivity index (χ4n) is 2.12. The number of aliphatic hydroxyl groups is 1. The van der Waals surface area contributed by atoms with Crippen molar-refractivity contribution in [2.24, 2.45) is 0 Å². The van der Waals surface area contributed by atoms with E-state index in [-0.39, 0.29) is 30.1 Å². The third-order valence-electron chi connectivity index (χ3n) is 3.68. The van der Waals surface area contributed by atoms with Gasteiger partial charge in [-0.25, -0.2) is 0 Å². The van der Waals surface area contributed by atoms with E-state index in [0.717, 1.165) is 25.7 Å². The first-order chi connectivity index (χ1) is 8.44. The van der Waals surface area contributed by atoms with Crippen LogP contribution in [0.3, 0.4) is 0 Å². The highest BCUT2D eigenvalue weighted by molar-refractivity contribution is 5.81. The van der Waals surface area contributed by atoms with Crippen molar-refractivity contribution in [2.75, 3.05) is 6.61 Å². The summed E-state index contributed by atoms with van der Waals surface area (Å²) < 4.78 is 0. The Hall–Kier alpha value is -0.610. The Morgan fingerprint density at radius 3 is 2.17 bits per heavy atom. The van der Waals surface area contributed by atoms with Gasteiger partial charge >= 0.3 is 0 Å². The Labute approximate surface area is 112 Å². The molecule has 0 aromatic rings. The molecule has 0 bridgehead atoms. The number of aliphatic hydroxyl groups excluding tert-OH is 1. The summed E-state index contributed by atoms with van der Waals surface area (Å²) in [4.78, 5) is 12.0. The molecule has 0 aromatic heterocycles. The molecule has 0 aliphatic rings. The fraction of sp³-hybridized carbons (Fsp3) is 0.929. The van der Waals surface area contributed by atoms with Crippen LogP contribution in [0.25, 0.3) is 0 Å². The molecule has 1 amide bonds. The zero-order valence-electron chi connectivity index (χ0n) is 12.5. The van der Waals surface area contributed by atoms with E-state index in [2.05, 4.69) is 17.6 Å². The summed E-state index contributed by atoms with van der Waals surface area (Å²) in [6.07, 6.45) is 3.67. The Morgan fingerprint density at radius 2 is 1.78 bits per heavy atom. The second kappa shape index (κ2) is 8.48. The monoisotopic (exact) mass is 258 g/mol. The molecule has 0 radical (unpaired) electrons. The third kappa shape index (κ3) is 5.36. The number of carbonyl (C=O) groups excluding carboxylic acids is 1. The van der Waals surface area contributed by atoms with Gasteiger partial charge in [-0.3, -0.25) is 10.1 Å². The van der Waals surface area contributed by atoms with Crippen LogP contribution in [0, 0.1) is 0 Å². The third-order valence-corrected chi connectivity index (χ3v) is 3.68. The van der Waals surface area contributed by atoms with Gasteiger partial charge in [0.25, 0.3) is 0 Å². The van der Waals surface area contributed by atoms with Crippen molar-refractivity contribution >= 4 is 5.91 Å². The first-order valence-electron chi connectivity index (χ1n) is 7.13. The quantitative estimate of drug-likeness (QED) is 0.591. The smallest absolute Gasteiger partial charge is 0.237 e. The summed E-state index contributed by atoms with van der Waals surface area (Å²) >= 11 is 0. The number of hydrogen-bond acceptors (Lipinski definition) is 3. The van der Waals surface area contributed by atoms with Crippen LogP contribution in [0.4, 0.5) is 0 Å². The highest BCUT2D eigenvalue weighted by Crippen LogP contribution is 2.15. The van der Waals surface area contributed by atoms with Crippen molar-refractivity contribution < 1.29 is 9.90 Å². The van der Waals surface area contributed by atoms with Crippen molar-refractivity contribution in [2.45, 2.75) is 77.9 Å². The van der Waals surface area contributed by atoms with Crippen LogP contribution in [0.15, 0.2) is 0 Å². The minimum absolute atomic E-state index is 0.00988. The van der Waals surface area contributed by atoms with Gasteiger partial charge in [0.2, 0.25) is 5.91 Å². The molecule has 18 heavy (non-hydrogen) atoms. The first-order valence-corrected chi connectivity index (χ1v) is 7.13. The molecule has 3 N–H and O–H groups in total. The summed E-state index contributed by atoms with van der Waals surface area (Å²) in [5.74, 6) is 0.00988. The van der Waals surface area contributed by atoms with E-state index in [9.17, 15) is 9.90 Å². The van der Waals surface area contributed by atoms with Gasteiger partial charge in [-0.15, -0.1) is 0 Å². The topological polar surface area (TPSA) is 61.4 Å². The molecule has 4 heteroatoms. The lowest BCUT2D eigenvalue weighted by Crippen LogP contribution is -2.56. The highest BCUT2D eigenvalue weighted by Gasteiger charge is 2.29. The molecular weight excluding hydrogens is 228 g/mol. The normalized spacial score (nSPS) is 15.2. The van der Waals surface area contributed by atoms with Gasteiger partial charge in [-0.2, -0.15) is 0 Å². The van der Waals surface area contributed by atoms with E-state index >= 15 is 0 Å². The molecule has 2 unspecified atom stereocenters. The fourth-order valence-corrected chi connectivity index (χ4v) is 2.12. The predicted molar refractivity (Wildman–Crippen MR) is 75.5 cm³/mol. The minimum atomic E-state index is -0.343. The Balaban J connectivity index is 4.37. The SMILES string of the molecule is CCCC(C)NC(=O)C(C)NC(CC)(CC)CO. The molecule has 4 nitrogen and oxygen atoms in total. The van der Waals surface area contributed by atoms with Gasteiger partial charge in [0.05, 0.1) is 12.6 Å². The molecule has 0 rings (SSSR count). The van der Waals surface area contributed by atoms with Crippen LogP contribution in [0.2, 0.25) is 0 Å². The van der Waals surface area contributed by atoms with Crippen LogP contribution in [-0.4, -0.2) is 35.2 Å². The molecule has 0 aromatic carbocycles. The van der Waals surface area contributed by atoms with Crippen molar-refractivity contribution in [1.82, 2.24) is 10.6 Å². The zero-order chi connectivity index (χ0) is 14.2. The van der Waals surface area contributed by atoms with Crippen molar-refractivity contribution in [3.63, 3.8) is 0 Å². The molecule has 2 atom stereocenters. The molecular formula is C14H30N2O2. The second-order valence-corrected chi connectivity index (χ2v) is 5.21.